The van der Waals surface area contributed by atoms with Gasteiger partial charge in [-0.15, -0.1) is 10.2 Å². The van der Waals surface area contributed by atoms with Gasteiger partial charge in [-0.2, -0.15) is 0 Å². The smallest absolute Gasteiger partial charge is 0.269 e. The number of nitrogens with zero attached hydrogens (tertiary/aromatic N) is 3. The lowest BCUT2D eigenvalue weighted by Gasteiger charge is -2.14. The topological polar surface area (TPSA) is 94.1 Å². The van der Waals surface area contributed by atoms with Gasteiger partial charge in [-0.1, -0.05) is 34.1 Å². The fraction of sp³-hybridized carbons (Fsp3) is 0.176. The van der Waals surface area contributed by atoms with Crippen molar-refractivity contribution in [1.29, 1.82) is 0 Å². The average molecular weight is 403 g/mol. The molecule has 0 saturated heterocycles. The number of nitrogens with one attached hydrogen (secondary N) is 1. The Morgan fingerprint density at radius 3 is 2.60 bits per heavy atom. The van der Waals surface area contributed by atoms with E-state index in [-0.39, 0.29) is 11.7 Å². The zero-order chi connectivity index (χ0) is 17.8. The molecule has 1 atom stereocenters. The Labute approximate surface area is 152 Å². The SMILES string of the molecule is CC(NCc1nnc(-c2ccc([N+](=O)[O-])cc2)o1)c1ccccc1Br. The second-order valence-electron chi connectivity index (χ2n) is 5.43. The number of non-ortho nitro benzene ring substituents is 1. The van der Waals surface area contributed by atoms with Gasteiger partial charge in [0, 0.05) is 28.2 Å². The standard InChI is InChI=1S/C17H15BrN4O3/c1-11(14-4-2-3-5-15(14)18)19-10-16-20-21-17(25-16)12-6-8-13(9-7-12)22(23)24/h2-9,11,19H,10H2,1H3. The summed E-state index contributed by atoms with van der Waals surface area (Å²) in [5.41, 5.74) is 1.80. The van der Waals surface area contributed by atoms with Gasteiger partial charge in [0.15, 0.2) is 0 Å². The third kappa shape index (κ3) is 4.09. The number of hydrogen-bond donors (Lipinski definition) is 1. The molecule has 1 aromatic heterocycles. The van der Waals surface area contributed by atoms with Crippen LogP contribution in [0, 0.1) is 10.1 Å². The molecule has 8 heteroatoms. The summed E-state index contributed by atoms with van der Waals surface area (Å²) < 4.78 is 6.65. The van der Waals surface area contributed by atoms with Gasteiger partial charge in [0.05, 0.1) is 11.5 Å². The van der Waals surface area contributed by atoms with Crippen molar-refractivity contribution in [2.45, 2.75) is 19.5 Å². The van der Waals surface area contributed by atoms with Crippen LogP contribution in [-0.2, 0) is 6.54 Å². The minimum Gasteiger partial charge on any atom is -0.419 e. The molecule has 3 aromatic rings. The molecule has 128 valence electrons. The highest BCUT2D eigenvalue weighted by Gasteiger charge is 2.13. The molecule has 1 N–H and O–H groups in total. The minimum absolute atomic E-state index is 0.0208. The first-order valence-electron chi connectivity index (χ1n) is 7.59. The van der Waals surface area contributed by atoms with E-state index in [1.807, 2.05) is 31.2 Å². The third-order valence-corrected chi connectivity index (χ3v) is 4.45. The molecular weight excluding hydrogens is 388 g/mol. The normalized spacial score (nSPS) is 12.1. The van der Waals surface area contributed by atoms with E-state index in [0.717, 1.165) is 10.0 Å². The van der Waals surface area contributed by atoms with Crippen molar-refractivity contribution in [1.82, 2.24) is 15.5 Å². The van der Waals surface area contributed by atoms with Crippen LogP contribution in [0.5, 0.6) is 0 Å². The van der Waals surface area contributed by atoms with Crippen molar-refractivity contribution >= 4 is 21.6 Å². The van der Waals surface area contributed by atoms with Crippen molar-refractivity contribution in [3.05, 3.63) is 74.6 Å². The lowest BCUT2D eigenvalue weighted by atomic mass is 10.1. The number of aromatic nitrogens is 2. The summed E-state index contributed by atoms with van der Waals surface area (Å²) in [7, 11) is 0. The van der Waals surface area contributed by atoms with E-state index in [1.165, 1.54) is 12.1 Å². The first kappa shape index (κ1) is 17.2. The van der Waals surface area contributed by atoms with Crippen molar-refractivity contribution < 1.29 is 9.34 Å². The minimum atomic E-state index is -0.448. The Kier molecular flexibility index (Phi) is 5.20. The first-order chi connectivity index (χ1) is 12.0. The molecule has 0 aliphatic carbocycles. The molecule has 3 rings (SSSR count). The van der Waals surface area contributed by atoms with Crippen LogP contribution in [-0.4, -0.2) is 15.1 Å². The van der Waals surface area contributed by atoms with Crippen LogP contribution in [0.2, 0.25) is 0 Å². The van der Waals surface area contributed by atoms with Crippen LogP contribution in [0.4, 0.5) is 5.69 Å². The van der Waals surface area contributed by atoms with Crippen molar-refractivity contribution in [3.8, 4) is 11.5 Å². The number of nitro groups is 1. The highest BCUT2D eigenvalue weighted by molar-refractivity contribution is 9.10. The van der Waals surface area contributed by atoms with Crippen LogP contribution in [0.25, 0.3) is 11.5 Å². The van der Waals surface area contributed by atoms with Gasteiger partial charge in [-0.25, -0.2) is 0 Å². The van der Waals surface area contributed by atoms with E-state index in [4.69, 9.17) is 4.42 Å². The second kappa shape index (κ2) is 7.54. The second-order valence-corrected chi connectivity index (χ2v) is 6.28. The Balaban J connectivity index is 1.65. The van der Waals surface area contributed by atoms with Crippen molar-refractivity contribution in [2.24, 2.45) is 0 Å². The molecule has 25 heavy (non-hydrogen) atoms. The summed E-state index contributed by atoms with van der Waals surface area (Å²) in [4.78, 5) is 10.2. The van der Waals surface area contributed by atoms with E-state index >= 15 is 0 Å². The molecule has 0 spiro atoms. The van der Waals surface area contributed by atoms with Crippen LogP contribution in [0.1, 0.15) is 24.4 Å². The molecular formula is C17H15BrN4O3. The summed E-state index contributed by atoms with van der Waals surface area (Å²) in [6.07, 6.45) is 0. The maximum atomic E-state index is 10.7. The maximum Gasteiger partial charge on any atom is 0.269 e. The zero-order valence-electron chi connectivity index (χ0n) is 13.3. The van der Waals surface area contributed by atoms with Gasteiger partial charge in [0.25, 0.3) is 5.69 Å². The van der Waals surface area contributed by atoms with Gasteiger partial charge in [-0.3, -0.25) is 10.1 Å². The third-order valence-electron chi connectivity index (χ3n) is 3.72. The van der Waals surface area contributed by atoms with Crippen LogP contribution < -0.4 is 5.32 Å². The number of nitro benzene ring substituents is 1. The summed E-state index contributed by atoms with van der Waals surface area (Å²) in [6.45, 7) is 2.47. The van der Waals surface area contributed by atoms with E-state index in [2.05, 4.69) is 31.4 Å². The molecule has 0 saturated carbocycles. The van der Waals surface area contributed by atoms with Gasteiger partial charge in [0.2, 0.25) is 11.8 Å². The van der Waals surface area contributed by atoms with Gasteiger partial charge in [-0.05, 0) is 30.7 Å². The number of benzene rings is 2. The fourth-order valence-corrected chi connectivity index (χ4v) is 2.97. The fourth-order valence-electron chi connectivity index (χ4n) is 2.34. The highest BCUT2D eigenvalue weighted by atomic mass is 79.9. The van der Waals surface area contributed by atoms with Gasteiger partial charge in [0.1, 0.15) is 0 Å². The summed E-state index contributed by atoms with van der Waals surface area (Å²) in [5.74, 6) is 0.785. The zero-order valence-corrected chi connectivity index (χ0v) is 14.9. The monoisotopic (exact) mass is 402 g/mol. The van der Waals surface area contributed by atoms with E-state index < -0.39 is 4.92 Å². The van der Waals surface area contributed by atoms with E-state index in [9.17, 15) is 10.1 Å². The quantitative estimate of drug-likeness (QED) is 0.488. The molecule has 1 heterocycles. The molecule has 0 aliphatic rings. The Hall–Kier alpha value is -2.58. The molecule has 0 fully saturated rings. The molecule has 0 aliphatic heterocycles. The van der Waals surface area contributed by atoms with Crippen molar-refractivity contribution in [3.63, 3.8) is 0 Å². The maximum absolute atomic E-state index is 10.7. The average Bonchev–Trinajstić information content (AvgIpc) is 3.09. The molecule has 0 amide bonds. The lowest BCUT2D eigenvalue weighted by Crippen LogP contribution is -2.18. The van der Waals surface area contributed by atoms with Gasteiger partial charge >= 0.3 is 0 Å². The first-order valence-corrected chi connectivity index (χ1v) is 8.39. The summed E-state index contributed by atoms with van der Waals surface area (Å²) in [5, 5.41) is 22.0. The largest absolute Gasteiger partial charge is 0.419 e. The van der Waals surface area contributed by atoms with Crippen LogP contribution in [0.3, 0.4) is 0 Å². The van der Waals surface area contributed by atoms with Crippen LogP contribution in [0.15, 0.2) is 57.4 Å². The molecule has 2 aromatic carbocycles. The lowest BCUT2D eigenvalue weighted by molar-refractivity contribution is -0.384. The van der Waals surface area contributed by atoms with Crippen molar-refractivity contribution in [2.75, 3.05) is 0 Å². The Bertz CT molecular complexity index is 880. The summed E-state index contributed by atoms with van der Waals surface area (Å²) >= 11 is 3.53. The molecule has 0 radical (unpaired) electrons. The van der Waals surface area contributed by atoms with Crippen LogP contribution >= 0.6 is 15.9 Å². The summed E-state index contributed by atoms with van der Waals surface area (Å²) in [6, 6.07) is 14.1. The predicted octanol–water partition coefficient (Wildman–Crippen LogP) is 4.26. The molecule has 0 bridgehead atoms. The van der Waals surface area contributed by atoms with E-state index in [1.54, 1.807) is 12.1 Å². The van der Waals surface area contributed by atoms with Gasteiger partial charge < -0.3 is 9.73 Å². The number of hydrogen-bond acceptors (Lipinski definition) is 6. The highest BCUT2D eigenvalue weighted by Crippen LogP contribution is 2.24. The number of rotatable bonds is 6. The Morgan fingerprint density at radius 2 is 1.92 bits per heavy atom. The molecule has 7 nitrogen and oxygen atoms in total. The van der Waals surface area contributed by atoms with E-state index in [0.29, 0.717) is 23.9 Å². The predicted molar refractivity (Wildman–Crippen MR) is 95.8 cm³/mol. The molecule has 1 unspecified atom stereocenters. The Morgan fingerprint density at radius 1 is 1.20 bits per heavy atom. The number of halogens is 1.